The molecule has 6 nitrogen and oxygen atoms in total. The second-order valence-corrected chi connectivity index (χ2v) is 7.55. The van der Waals surface area contributed by atoms with Crippen LogP contribution in [0.1, 0.15) is 31.2 Å². The highest BCUT2D eigenvalue weighted by atomic mass is 16.2. The monoisotopic (exact) mass is 351 g/mol. The second-order valence-electron chi connectivity index (χ2n) is 7.55. The van der Waals surface area contributed by atoms with Crippen LogP contribution in [0, 0.1) is 17.2 Å². The first-order valence-corrected chi connectivity index (χ1v) is 9.52. The molecule has 1 unspecified atom stereocenters. The quantitative estimate of drug-likeness (QED) is 0.881. The van der Waals surface area contributed by atoms with Crippen molar-refractivity contribution in [1.82, 2.24) is 15.1 Å². The molecular weight excluding hydrogens is 326 g/mol. The fourth-order valence-electron chi connectivity index (χ4n) is 4.33. The van der Waals surface area contributed by atoms with Gasteiger partial charge in [0.15, 0.2) is 5.92 Å². The molecule has 3 heterocycles. The molecule has 1 amide bonds. The Balaban J connectivity index is 1.51. The van der Waals surface area contributed by atoms with Crippen LogP contribution in [0.3, 0.4) is 0 Å². The molecule has 1 aromatic rings. The van der Waals surface area contributed by atoms with Gasteiger partial charge in [0.1, 0.15) is 0 Å². The van der Waals surface area contributed by atoms with Crippen molar-refractivity contribution in [3.05, 3.63) is 35.9 Å². The lowest BCUT2D eigenvalue weighted by Gasteiger charge is -2.44. The van der Waals surface area contributed by atoms with Crippen molar-refractivity contribution in [3.63, 3.8) is 0 Å². The van der Waals surface area contributed by atoms with E-state index in [1.165, 1.54) is 5.56 Å². The van der Waals surface area contributed by atoms with Crippen LogP contribution in [0.4, 0.5) is 0 Å². The SMILES string of the molecule is N#CC1C(=O)NC(N2CCCC2)=NC12CCN(Cc1ccccc1)CC2. The molecule has 4 rings (SSSR count). The van der Waals surface area contributed by atoms with Gasteiger partial charge in [0.2, 0.25) is 11.9 Å². The van der Waals surface area contributed by atoms with Crippen LogP contribution in [-0.2, 0) is 11.3 Å². The van der Waals surface area contributed by atoms with Crippen molar-refractivity contribution in [2.45, 2.75) is 37.8 Å². The zero-order valence-corrected chi connectivity index (χ0v) is 15.0. The third-order valence-corrected chi connectivity index (χ3v) is 5.87. The molecule has 1 N–H and O–H groups in total. The van der Waals surface area contributed by atoms with Crippen molar-refractivity contribution in [2.75, 3.05) is 26.2 Å². The van der Waals surface area contributed by atoms with E-state index in [2.05, 4.69) is 45.5 Å². The van der Waals surface area contributed by atoms with Gasteiger partial charge in [0.25, 0.3) is 0 Å². The number of carbonyl (C=O) groups excluding carboxylic acids is 1. The van der Waals surface area contributed by atoms with Crippen LogP contribution in [0.15, 0.2) is 35.3 Å². The van der Waals surface area contributed by atoms with Gasteiger partial charge < -0.3 is 4.90 Å². The summed E-state index contributed by atoms with van der Waals surface area (Å²) < 4.78 is 0. The molecule has 1 aromatic carbocycles. The molecule has 0 radical (unpaired) electrons. The van der Waals surface area contributed by atoms with E-state index in [9.17, 15) is 10.1 Å². The summed E-state index contributed by atoms with van der Waals surface area (Å²) in [6.07, 6.45) is 3.77. The molecule has 1 spiro atoms. The first kappa shape index (κ1) is 17.0. The van der Waals surface area contributed by atoms with Gasteiger partial charge in [0, 0.05) is 32.7 Å². The largest absolute Gasteiger partial charge is 0.343 e. The predicted molar refractivity (Wildman–Crippen MR) is 99.2 cm³/mol. The molecule has 0 aromatic heterocycles. The smallest absolute Gasteiger partial charge is 0.246 e. The first-order valence-electron chi connectivity index (χ1n) is 9.52. The number of amides is 1. The lowest BCUT2D eigenvalue weighted by atomic mass is 9.76. The van der Waals surface area contributed by atoms with E-state index in [1.807, 2.05) is 6.07 Å². The van der Waals surface area contributed by atoms with Crippen molar-refractivity contribution in [2.24, 2.45) is 10.9 Å². The number of benzene rings is 1. The summed E-state index contributed by atoms with van der Waals surface area (Å²) in [5, 5.41) is 12.5. The molecule has 136 valence electrons. The van der Waals surface area contributed by atoms with Gasteiger partial charge >= 0.3 is 0 Å². The molecule has 3 aliphatic rings. The normalized spacial score (nSPS) is 25.7. The minimum absolute atomic E-state index is 0.180. The van der Waals surface area contributed by atoms with Crippen LogP contribution in [0.2, 0.25) is 0 Å². The highest BCUT2D eigenvalue weighted by Crippen LogP contribution is 2.37. The van der Waals surface area contributed by atoms with E-state index in [1.54, 1.807) is 0 Å². The number of nitrogens with one attached hydrogen (secondary N) is 1. The van der Waals surface area contributed by atoms with E-state index in [-0.39, 0.29) is 5.91 Å². The minimum Gasteiger partial charge on any atom is -0.343 e. The minimum atomic E-state index is -0.687. The summed E-state index contributed by atoms with van der Waals surface area (Å²) in [6, 6.07) is 12.7. The Bertz CT molecular complexity index is 724. The maximum Gasteiger partial charge on any atom is 0.246 e. The van der Waals surface area contributed by atoms with Gasteiger partial charge in [-0.15, -0.1) is 0 Å². The van der Waals surface area contributed by atoms with Crippen molar-refractivity contribution in [3.8, 4) is 6.07 Å². The summed E-state index contributed by atoms with van der Waals surface area (Å²) in [7, 11) is 0. The van der Waals surface area contributed by atoms with Crippen molar-refractivity contribution >= 4 is 11.9 Å². The third-order valence-electron chi connectivity index (χ3n) is 5.87. The van der Waals surface area contributed by atoms with Crippen molar-refractivity contribution < 1.29 is 4.79 Å². The number of hydrogen-bond acceptors (Lipinski definition) is 5. The molecule has 0 aliphatic carbocycles. The van der Waals surface area contributed by atoms with Crippen LogP contribution in [-0.4, -0.2) is 53.4 Å². The Kier molecular flexibility index (Phi) is 4.64. The van der Waals surface area contributed by atoms with Crippen LogP contribution in [0.25, 0.3) is 0 Å². The maximum atomic E-state index is 12.6. The predicted octanol–water partition coefficient (Wildman–Crippen LogP) is 1.74. The molecule has 26 heavy (non-hydrogen) atoms. The molecule has 2 fully saturated rings. The lowest BCUT2D eigenvalue weighted by molar-refractivity contribution is -0.125. The fraction of sp³-hybridized carbons (Fsp3) is 0.550. The maximum absolute atomic E-state index is 12.6. The van der Waals surface area contributed by atoms with E-state index < -0.39 is 11.5 Å². The fourth-order valence-corrected chi connectivity index (χ4v) is 4.33. The Morgan fingerprint density at radius 2 is 1.85 bits per heavy atom. The van der Waals surface area contributed by atoms with Crippen molar-refractivity contribution in [1.29, 1.82) is 5.26 Å². The Morgan fingerprint density at radius 1 is 1.15 bits per heavy atom. The first-order chi connectivity index (χ1) is 12.7. The molecule has 3 aliphatic heterocycles. The lowest BCUT2D eigenvalue weighted by Crippen LogP contribution is -2.59. The zero-order valence-electron chi connectivity index (χ0n) is 15.0. The van der Waals surface area contributed by atoms with Gasteiger partial charge in [-0.2, -0.15) is 5.26 Å². The average molecular weight is 351 g/mol. The molecular formula is C20H25N5O. The Hall–Kier alpha value is -2.39. The second kappa shape index (κ2) is 7.08. The van der Waals surface area contributed by atoms with E-state index >= 15 is 0 Å². The number of nitrogens with zero attached hydrogens (tertiary/aromatic N) is 4. The number of hydrogen-bond donors (Lipinski definition) is 1. The summed E-state index contributed by atoms with van der Waals surface area (Å²) in [5.41, 5.74) is 0.727. The highest BCUT2D eigenvalue weighted by molar-refractivity contribution is 6.02. The molecule has 2 saturated heterocycles. The standard InChI is InChI=1S/C20H25N5O/c21-14-17-18(26)22-19(25-10-4-5-11-25)23-20(17)8-12-24(13-9-20)15-16-6-2-1-3-7-16/h1-3,6-7,17H,4-5,8-13,15H2,(H,22,23,26). The van der Waals surface area contributed by atoms with Crippen LogP contribution in [0.5, 0.6) is 0 Å². The highest BCUT2D eigenvalue weighted by Gasteiger charge is 2.49. The van der Waals surface area contributed by atoms with Crippen LogP contribution < -0.4 is 5.32 Å². The number of piperidine rings is 1. The summed E-state index contributed by atoms with van der Waals surface area (Å²) in [4.78, 5) is 22.1. The topological polar surface area (TPSA) is 71.7 Å². The van der Waals surface area contributed by atoms with E-state index in [4.69, 9.17) is 4.99 Å². The Labute approximate surface area is 154 Å². The zero-order chi connectivity index (χ0) is 18.0. The van der Waals surface area contributed by atoms with E-state index in [0.29, 0.717) is 5.96 Å². The number of rotatable bonds is 2. The van der Waals surface area contributed by atoms with Gasteiger partial charge in [-0.25, -0.2) is 4.99 Å². The molecule has 0 saturated carbocycles. The third kappa shape index (κ3) is 3.19. The number of likely N-dealkylation sites (tertiary alicyclic amines) is 2. The van der Waals surface area contributed by atoms with Gasteiger partial charge in [0.05, 0.1) is 11.6 Å². The number of aliphatic imine (C=N–C) groups is 1. The van der Waals surface area contributed by atoms with Gasteiger partial charge in [-0.1, -0.05) is 30.3 Å². The summed E-state index contributed by atoms with van der Waals surface area (Å²) in [5.74, 6) is -0.177. The Morgan fingerprint density at radius 3 is 2.50 bits per heavy atom. The molecule has 0 bridgehead atoms. The van der Waals surface area contributed by atoms with Gasteiger partial charge in [-0.3, -0.25) is 15.0 Å². The molecule has 1 atom stereocenters. The number of guanidine groups is 1. The average Bonchev–Trinajstić information content (AvgIpc) is 3.19. The summed E-state index contributed by atoms with van der Waals surface area (Å²) in [6.45, 7) is 4.50. The number of nitriles is 1. The van der Waals surface area contributed by atoms with E-state index in [0.717, 1.165) is 58.4 Å². The van der Waals surface area contributed by atoms with Crippen LogP contribution >= 0.6 is 0 Å². The molecule has 6 heteroatoms. The number of carbonyl (C=O) groups is 1. The van der Waals surface area contributed by atoms with Gasteiger partial charge in [-0.05, 0) is 31.2 Å². The summed E-state index contributed by atoms with van der Waals surface area (Å²) >= 11 is 0.